The van der Waals surface area contributed by atoms with Crippen LogP contribution >= 0.6 is 0 Å². The molecule has 1 aromatic carbocycles. The first-order valence-corrected chi connectivity index (χ1v) is 6.67. The summed E-state index contributed by atoms with van der Waals surface area (Å²) >= 11 is 0. The molecule has 0 saturated carbocycles. The minimum Gasteiger partial charge on any atom is -0.341 e. The first-order valence-electron chi connectivity index (χ1n) is 6.67. The highest BCUT2D eigenvalue weighted by Gasteiger charge is 2.12. The Morgan fingerprint density at radius 1 is 1.50 bits per heavy atom. The van der Waals surface area contributed by atoms with E-state index in [1.54, 1.807) is 12.3 Å². The number of benzene rings is 1. The highest BCUT2D eigenvalue weighted by molar-refractivity contribution is 5.62. The van der Waals surface area contributed by atoms with Crippen LogP contribution in [0.3, 0.4) is 0 Å². The third-order valence-corrected chi connectivity index (χ3v) is 3.18. The predicted molar refractivity (Wildman–Crippen MR) is 77.1 cm³/mol. The number of nitro benzene ring substituents is 1. The van der Waals surface area contributed by atoms with Crippen LogP contribution in [-0.4, -0.2) is 14.9 Å². The molecule has 20 heavy (non-hydrogen) atoms. The van der Waals surface area contributed by atoms with Crippen LogP contribution in [0.4, 0.5) is 5.69 Å². The number of nitro groups is 1. The third kappa shape index (κ3) is 3.21. The van der Waals surface area contributed by atoms with Gasteiger partial charge in [-0.1, -0.05) is 31.9 Å². The molecule has 0 radical (unpaired) electrons. The number of H-pyrrole nitrogens is 1. The Morgan fingerprint density at radius 3 is 3.00 bits per heavy atom. The number of non-ortho nitro benzene ring substituents is 1. The summed E-state index contributed by atoms with van der Waals surface area (Å²) in [5.41, 5.74) is 7.60. The lowest BCUT2D eigenvalue weighted by Crippen LogP contribution is -2.11. The standard InChI is InChI=1S/C14H18N4O2/c1-2-3-7-12(15)14-16-9-13(17-14)10-5-4-6-11(8-10)18(19)20/h4-6,8-9,12H,2-3,7,15H2,1H3,(H,16,17). The third-order valence-electron chi connectivity index (χ3n) is 3.18. The van der Waals surface area contributed by atoms with E-state index in [0.717, 1.165) is 36.3 Å². The minimum atomic E-state index is -0.409. The Kier molecular flexibility index (Phi) is 4.47. The molecule has 0 aliphatic heterocycles. The van der Waals surface area contributed by atoms with Crippen molar-refractivity contribution in [3.05, 3.63) is 46.4 Å². The maximum atomic E-state index is 10.8. The van der Waals surface area contributed by atoms with Crippen LogP contribution in [0.1, 0.15) is 38.1 Å². The number of hydrogen-bond acceptors (Lipinski definition) is 4. The average Bonchev–Trinajstić information content (AvgIpc) is 2.94. The van der Waals surface area contributed by atoms with E-state index in [9.17, 15) is 10.1 Å². The zero-order valence-electron chi connectivity index (χ0n) is 11.4. The maximum absolute atomic E-state index is 10.8. The number of rotatable bonds is 6. The smallest absolute Gasteiger partial charge is 0.270 e. The average molecular weight is 274 g/mol. The molecule has 3 N–H and O–H groups in total. The fourth-order valence-electron chi connectivity index (χ4n) is 2.02. The van der Waals surface area contributed by atoms with Crippen molar-refractivity contribution in [1.82, 2.24) is 9.97 Å². The van der Waals surface area contributed by atoms with Crippen molar-refractivity contribution in [3.63, 3.8) is 0 Å². The zero-order valence-corrected chi connectivity index (χ0v) is 11.4. The fraction of sp³-hybridized carbons (Fsp3) is 0.357. The van der Waals surface area contributed by atoms with Gasteiger partial charge in [0.25, 0.3) is 5.69 Å². The van der Waals surface area contributed by atoms with Gasteiger partial charge >= 0.3 is 0 Å². The summed E-state index contributed by atoms with van der Waals surface area (Å²) in [6.07, 6.45) is 4.68. The highest BCUT2D eigenvalue weighted by Crippen LogP contribution is 2.24. The van der Waals surface area contributed by atoms with Crippen LogP contribution in [0.25, 0.3) is 11.3 Å². The molecule has 1 aromatic heterocycles. The Labute approximate surface area is 117 Å². The number of aromatic amines is 1. The van der Waals surface area contributed by atoms with E-state index >= 15 is 0 Å². The van der Waals surface area contributed by atoms with Gasteiger partial charge in [-0.05, 0) is 6.42 Å². The van der Waals surface area contributed by atoms with E-state index in [2.05, 4.69) is 16.9 Å². The van der Waals surface area contributed by atoms with Gasteiger partial charge in [0.1, 0.15) is 5.82 Å². The molecule has 0 amide bonds. The Hall–Kier alpha value is -2.21. The molecule has 106 valence electrons. The fourth-order valence-corrected chi connectivity index (χ4v) is 2.02. The lowest BCUT2D eigenvalue weighted by atomic mass is 10.1. The van der Waals surface area contributed by atoms with E-state index in [-0.39, 0.29) is 11.7 Å². The lowest BCUT2D eigenvalue weighted by molar-refractivity contribution is -0.384. The van der Waals surface area contributed by atoms with Gasteiger partial charge in [0.15, 0.2) is 0 Å². The number of hydrogen-bond donors (Lipinski definition) is 2. The predicted octanol–water partition coefficient (Wildman–Crippen LogP) is 3.17. The monoisotopic (exact) mass is 274 g/mol. The van der Waals surface area contributed by atoms with Gasteiger partial charge in [-0.2, -0.15) is 0 Å². The van der Waals surface area contributed by atoms with E-state index in [1.807, 2.05) is 6.07 Å². The van der Waals surface area contributed by atoms with Crippen molar-refractivity contribution < 1.29 is 4.92 Å². The van der Waals surface area contributed by atoms with Crippen LogP contribution in [-0.2, 0) is 0 Å². The Balaban J connectivity index is 2.20. The van der Waals surface area contributed by atoms with Gasteiger partial charge in [-0.3, -0.25) is 10.1 Å². The highest BCUT2D eigenvalue weighted by atomic mass is 16.6. The van der Waals surface area contributed by atoms with E-state index in [0.29, 0.717) is 0 Å². The second-order valence-corrected chi connectivity index (χ2v) is 4.74. The maximum Gasteiger partial charge on any atom is 0.270 e. The van der Waals surface area contributed by atoms with E-state index in [1.165, 1.54) is 12.1 Å². The SMILES string of the molecule is CCCCC(N)c1ncc(-c2cccc([N+](=O)[O-])c2)[nH]1. The molecule has 0 saturated heterocycles. The number of imidazole rings is 1. The van der Waals surface area contributed by atoms with Gasteiger partial charge in [0.2, 0.25) is 0 Å². The molecule has 2 aromatic rings. The Morgan fingerprint density at radius 2 is 2.30 bits per heavy atom. The normalized spacial score (nSPS) is 12.3. The first-order chi connectivity index (χ1) is 9.61. The molecule has 6 heteroatoms. The molecule has 6 nitrogen and oxygen atoms in total. The topological polar surface area (TPSA) is 97.8 Å². The number of unbranched alkanes of at least 4 members (excludes halogenated alkanes) is 1. The summed E-state index contributed by atoms with van der Waals surface area (Å²) < 4.78 is 0. The van der Waals surface area contributed by atoms with Crippen LogP contribution in [0.2, 0.25) is 0 Å². The number of nitrogens with zero attached hydrogens (tertiary/aromatic N) is 2. The van der Waals surface area contributed by atoms with Crippen molar-refractivity contribution in [3.8, 4) is 11.3 Å². The summed E-state index contributed by atoms with van der Waals surface area (Å²) in [6.45, 7) is 2.11. The number of aromatic nitrogens is 2. The molecule has 0 fully saturated rings. The minimum absolute atomic E-state index is 0.0638. The summed E-state index contributed by atoms with van der Waals surface area (Å²) in [5, 5.41) is 10.8. The van der Waals surface area contributed by atoms with Crippen molar-refractivity contribution >= 4 is 5.69 Å². The van der Waals surface area contributed by atoms with Crippen LogP contribution in [0, 0.1) is 10.1 Å². The largest absolute Gasteiger partial charge is 0.341 e. The molecule has 1 unspecified atom stereocenters. The van der Waals surface area contributed by atoms with Crippen molar-refractivity contribution in [1.29, 1.82) is 0 Å². The van der Waals surface area contributed by atoms with Crippen molar-refractivity contribution in [2.75, 3.05) is 0 Å². The van der Waals surface area contributed by atoms with Crippen molar-refractivity contribution in [2.45, 2.75) is 32.2 Å². The molecule has 0 spiro atoms. The van der Waals surface area contributed by atoms with Crippen LogP contribution in [0.15, 0.2) is 30.5 Å². The molecule has 0 bridgehead atoms. The molecule has 1 heterocycles. The van der Waals surface area contributed by atoms with Crippen LogP contribution in [0.5, 0.6) is 0 Å². The van der Waals surface area contributed by atoms with Gasteiger partial charge < -0.3 is 10.7 Å². The molecule has 0 aliphatic carbocycles. The summed E-state index contributed by atoms with van der Waals surface area (Å²) in [7, 11) is 0. The van der Waals surface area contributed by atoms with Gasteiger partial charge in [0, 0.05) is 17.7 Å². The second-order valence-electron chi connectivity index (χ2n) is 4.74. The zero-order chi connectivity index (χ0) is 14.5. The van der Waals surface area contributed by atoms with E-state index in [4.69, 9.17) is 5.73 Å². The second kappa shape index (κ2) is 6.29. The van der Waals surface area contributed by atoms with Crippen LogP contribution < -0.4 is 5.73 Å². The van der Waals surface area contributed by atoms with Gasteiger partial charge in [0.05, 0.1) is 22.9 Å². The summed E-state index contributed by atoms with van der Waals surface area (Å²) in [6, 6.07) is 6.33. The van der Waals surface area contributed by atoms with Gasteiger partial charge in [-0.25, -0.2) is 4.98 Å². The summed E-state index contributed by atoms with van der Waals surface area (Å²) in [4.78, 5) is 17.8. The molecule has 0 aliphatic rings. The molecule has 1 atom stereocenters. The first kappa shape index (κ1) is 14.2. The Bertz CT molecular complexity index is 594. The number of nitrogens with two attached hydrogens (primary N) is 1. The molecular formula is C14H18N4O2. The molecular weight excluding hydrogens is 256 g/mol. The molecule has 2 rings (SSSR count). The quantitative estimate of drug-likeness (QED) is 0.624. The summed E-state index contributed by atoms with van der Waals surface area (Å²) in [5.74, 6) is 0.722. The van der Waals surface area contributed by atoms with Crippen molar-refractivity contribution in [2.24, 2.45) is 5.73 Å². The van der Waals surface area contributed by atoms with E-state index < -0.39 is 4.92 Å². The lowest BCUT2D eigenvalue weighted by Gasteiger charge is -2.07. The van der Waals surface area contributed by atoms with Gasteiger partial charge in [-0.15, -0.1) is 0 Å². The number of nitrogens with one attached hydrogen (secondary N) is 1.